The van der Waals surface area contributed by atoms with Gasteiger partial charge in [0.15, 0.2) is 0 Å². The van der Waals surface area contributed by atoms with E-state index in [-0.39, 0.29) is 21.5 Å². The molecule has 132 valence electrons. The van der Waals surface area contributed by atoms with Crippen molar-refractivity contribution in [3.63, 3.8) is 0 Å². The number of rotatable bonds is 5. The molecule has 1 fully saturated rings. The van der Waals surface area contributed by atoms with Gasteiger partial charge in [0.05, 0.1) is 5.02 Å². The van der Waals surface area contributed by atoms with E-state index in [1.807, 2.05) is 0 Å². The van der Waals surface area contributed by atoms with Crippen LogP contribution in [0.25, 0.3) is 0 Å². The number of sulfonamides is 1. The largest absolute Gasteiger partial charge is 0.322 e. The molecule has 0 unspecified atom stereocenters. The number of carbonyl (C=O) groups is 1. The Morgan fingerprint density at radius 3 is 2.52 bits per heavy atom. The third-order valence-corrected chi connectivity index (χ3v) is 6.31. The topological polar surface area (TPSA) is 75.3 Å². The summed E-state index contributed by atoms with van der Waals surface area (Å²) in [6, 6.07) is 9.29. The minimum absolute atomic E-state index is 0.0485. The molecule has 1 amide bonds. The van der Waals surface area contributed by atoms with E-state index in [0.717, 1.165) is 18.4 Å². The van der Waals surface area contributed by atoms with Crippen LogP contribution in [0.3, 0.4) is 0 Å². The summed E-state index contributed by atoms with van der Waals surface area (Å²) in [5.74, 6) is -0.440. The van der Waals surface area contributed by atoms with Gasteiger partial charge in [0.25, 0.3) is 5.91 Å². The first kappa shape index (κ1) is 18.2. The first-order valence-electron chi connectivity index (χ1n) is 7.66. The summed E-state index contributed by atoms with van der Waals surface area (Å²) in [6.45, 7) is 1.79. The number of hydrogen-bond acceptors (Lipinski definition) is 3. The van der Waals surface area contributed by atoms with E-state index < -0.39 is 15.9 Å². The van der Waals surface area contributed by atoms with Crippen LogP contribution in [0.15, 0.2) is 41.3 Å². The second kappa shape index (κ2) is 6.96. The maximum absolute atomic E-state index is 12.5. The van der Waals surface area contributed by atoms with Crippen molar-refractivity contribution in [3.8, 4) is 0 Å². The summed E-state index contributed by atoms with van der Waals surface area (Å²) >= 11 is 12.1. The average molecular weight is 399 g/mol. The van der Waals surface area contributed by atoms with Gasteiger partial charge in [-0.2, -0.15) is 0 Å². The second-order valence-electron chi connectivity index (χ2n) is 5.91. The van der Waals surface area contributed by atoms with Crippen molar-refractivity contribution in [3.05, 3.63) is 57.6 Å². The molecule has 1 aliphatic rings. The molecule has 0 heterocycles. The van der Waals surface area contributed by atoms with Gasteiger partial charge in [-0.3, -0.25) is 4.79 Å². The number of halogens is 2. The van der Waals surface area contributed by atoms with Crippen molar-refractivity contribution < 1.29 is 13.2 Å². The molecular formula is C17H16Cl2N2O3S. The summed E-state index contributed by atoms with van der Waals surface area (Å²) in [6.07, 6.45) is 1.62. The Hall–Kier alpha value is -1.60. The van der Waals surface area contributed by atoms with Crippen LogP contribution < -0.4 is 10.0 Å². The lowest BCUT2D eigenvalue weighted by atomic mass is 10.1. The fourth-order valence-electron chi connectivity index (χ4n) is 2.27. The lowest BCUT2D eigenvalue weighted by Crippen LogP contribution is -2.26. The molecule has 0 radical (unpaired) electrons. The monoisotopic (exact) mass is 398 g/mol. The highest BCUT2D eigenvalue weighted by molar-refractivity contribution is 7.89. The highest BCUT2D eigenvalue weighted by Crippen LogP contribution is 2.28. The van der Waals surface area contributed by atoms with Gasteiger partial charge in [0.1, 0.15) is 4.90 Å². The van der Waals surface area contributed by atoms with E-state index in [0.29, 0.717) is 10.7 Å². The third-order valence-electron chi connectivity index (χ3n) is 3.90. The fourth-order valence-corrected chi connectivity index (χ4v) is 4.28. The Kier molecular flexibility index (Phi) is 5.06. The van der Waals surface area contributed by atoms with Crippen LogP contribution in [0, 0.1) is 6.92 Å². The molecule has 8 heteroatoms. The van der Waals surface area contributed by atoms with Gasteiger partial charge in [-0.25, -0.2) is 13.1 Å². The number of nitrogens with one attached hydrogen (secondary N) is 2. The SMILES string of the molecule is Cc1c(Cl)cccc1NC(=O)c1ccc(Cl)c(S(=O)(=O)NC2CC2)c1. The first-order valence-corrected chi connectivity index (χ1v) is 9.90. The molecule has 0 aromatic heterocycles. The maximum Gasteiger partial charge on any atom is 0.255 e. The Bertz CT molecular complexity index is 941. The number of amides is 1. The standard InChI is InChI=1S/C17H16Cl2N2O3S/c1-10-13(18)3-2-4-15(10)20-17(22)11-5-8-14(19)16(9-11)25(23,24)21-12-6-7-12/h2-5,8-9,12,21H,6-7H2,1H3,(H,20,22). The fraction of sp³-hybridized carbons (Fsp3) is 0.235. The quantitative estimate of drug-likeness (QED) is 0.798. The Labute approximate surface area is 156 Å². The smallest absolute Gasteiger partial charge is 0.255 e. The van der Waals surface area contributed by atoms with Gasteiger partial charge in [-0.05, 0) is 55.7 Å². The molecule has 2 aromatic rings. The summed E-state index contributed by atoms with van der Waals surface area (Å²) in [5, 5.41) is 3.34. The Morgan fingerprint density at radius 2 is 1.84 bits per heavy atom. The lowest BCUT2D eigenvalue weighted by Gasteiger charge is -2.12. The Morgan fingerprint density at radius 1 is 1.12 bits per heavy atom. The van der Waals surface area contributed by atoms with Gasteiger partial charge >= 0.3 is 0 Å². The zero-order valence-corrected chi connectivity index (χ0v) is 15.7. The van der Waals surface area contributed by atoms with Crippen LogP contribution in [-0.4, -0.2) is 20.4 Å². The third kappa shape index (κ3) is 4.15. The molecule has 2 N–H and O–H groups in total. The molecule has 0 atom stereocenters. The maximum atomic E-state index is 12.5. The molecule has 0 spiro atoms. The van der Waals surface area contributed by atoms with Crippen LogP contribution in [0.4, 0.5) is 5.69 Å². The van der Waals surface area contributed by atoms with Gasteiger partial charge < -0.3 is 5.32 Å². The predicted molar refractivity (Wildman–Crippen MR) is 98.9 cm³/mol. The molecule has 1 aliphatic carbocycles. The highest BCUT2D eigenvalue weighted by Gasteiger charge is 2.29. The minimum atomic E-state index is -3.75. The Balaban J connectivity index is 1.88. The lowest BCUT2D eigenvalue weighted by molar-refractivity contribution is 0.102. The molecule has 5 nitrogen and oxygen atoms in total. The van der Waals surface area contributed by atoms with Crippen molar-refractivity contribution in [1.82, 2.24) is 4.72 Å². The van der Waals surface area contributed by atoms with Crippen LogP contribution in [0.1, 0.15) is 28.8 Å². The van der Waals surface area contributed by atoms with Crippen molar-refractivity contribution in [2.45, 2.75) is 30.7 Å². The number of anilines is 1. The molecular weight excluding hydrogens is 383 g/mol. The van der Waals surface area contributed by atoms with Gasteiger partial charge in [0.2, 0.25) is 10.0 Å². The summed E-state index contributed by atoms with van der Waals surface area (Å²) in [5.41, 5.74) is 1.49. The van der Waals surface area contributed by atoms with E-state index in [1.54, 1.807) is 25.1 Å². The van der Waals surface area contributed by atoms with Crippen molar-refractivity contribution in [2.24, 2.45) is 0 Å². The molecule has 0 bridgehead atoms. The number of benzene rings is 2. The number of carbonyl (C=O) groups excluding carboxylic acids is 1. The number of hydrogen-bond donors (Lipinski definition) is 2. The average Bonchev–Trinajstić information content (AvgIpc) is 3.35. The predicted octanol–water partition coefficient (Wildman–Crippen LogP) is 3.99. The van der Waals surface area contributed by atoms with Crippen LogP contribution in [-0.2, 0) is 10.0 Å². The van der Waals surface area contributed by atoms with Crippen molar-refractivity contribution >= 4 is 44.8 Å². The van der Waals surface area contributed by atoms with Crippen LogP contribution >= 0.6 is 23.2 Å². The van der Waals surface area contributed by atoms with Crippen LogP contribution in [0.2, 0.25) is 10.0 Å². The van der Waals surface area contributed by atoms with E-state index in [9.17, 15) is 13.2 Å². The van der Waals surface area contributed by atoms with E-state index >= 15 is 0 Å². The molecule has 3 rings (SSSR count). The second-order valence-corrected chi connectivity index (χ2v) is 8.40. The summed E-state index contributed by atoms with van der Waals surface area (Å²) in [4.78, 5) is 12.4. The summed E-state index contributed by atoms with van der Waals surface area (Å²) in [7, 11) is -3.75. The van der Waals surface area contributed by atoms with Crippen molar-refractivity contribution in [2.75, 3.05) is 5.32 Å². The molecule has 2 aromatic carbocycles. The summed E-state index contributed by atoms with van der Waals surface area (Å²) < 4.78 is 27.3. The van der Waals surface area contributed by atoms with E-state index in [4.69, 9.17) is 23.2 Å². The minimum Gasteiger partial charge on any atom is -0.322 e. The normalized spacial score (nSPS) is 14.4. The molecule has 25 heavy (non-hydrogen) atoms. The zero-order chi connectivity index (χ0) is 18.2. The first-order chi connectivity index (χ1) is 11.8. The zero-order valence-electron chi connectivity index (χ0n) is 13.3. The van der Waals surface area contributed by atoms with Crippen molar-refractivity contribution in [1.29, 1.82) is 0 Å². The van der Waals surface area contributed by atoms with Gasteiger partial charge in [0, 0.05) is 22.3 Å². The molecule has 1 saturated carbocycles. The van der Waals surface area contributed by atoms with E-state index in [1.165, 1.54) is 18.2 Å². The van der Waals surface area contributed by atoms with Crippen LogP contribution in [0.5, 0.6) is 0 Å². The van der Waals surface area contributed by atoms with Gasteiger partial charge in [-0.15, -0.1) is 0 Å². The highest BCUT2D eigenvalue weighted by atomic mass is 35.5. The van der Waals surface area contributed by atoms with Gasteiger partial charge in [-0.1, -0.05) is 29.3 Å². The van der Waals surface area contributed by atoms with E-state index in [2.05, 4.69) is 10.0 Å². The molecule has 0 aliphatic heterocycles. The molecule has 0 saturated heterocycles.